The second-order valence-corrected chi connectivity index (χ2v) is 8.75. The summed E-state index contributed by atoms with van der Waals surface area (Å²) in [6.07, 6.45) is 3.71. The molecule has 2 aromatic carbocycles. The molecule has 2 aliphatic heterocycles. The van der Waals surface area contributed by atoms with Crippen molar-refractivity contribution >= 4 is 0 Å². The average Bonchev–Trinajstić information content (AvgIpc) is 3.40. The van der Waals surface area contributed by atoms with E-state index in [2.05, 4.69) is 53.0 Å². The van der Waals surface area contributed by atoms with Gasteiger partial charge in [-0.1, -0.05) is 62.3 Å². The van der Waals surface area contributed by atoms with E-state index in [0.717, 1.165) is 5.56 Å². The maximum Gasteiger partial charge on any atom is 0.246 e. The second kappa shape index (κ2) is 7.67. The number of rotatable bonds is 4. The molecule has 0 bridgehead atoms. The summed E-state index contributed by atoms with van der Waals surface area (Å²) in [5, 5.41) is 4.12. The molecule has 160 valence electrons. The summed E-state index contributed by atoms with van der Waals surface area (Å²) in [4.78, 5) is 13.5. The Morgan fingerprint density at radius 1 is 0.875 bits per heavy atom. The predicted octanol–water partition coefficient (Wildman–Crippen LogP) is 5.58. The molecule has 3 aromatic rings. The summed E-state index contributed by atoms with van der Waals surface area (Å²) < 4.78 is 21.4. The predicted molar refractivity (Wildman–Crippen MR) is 120 cm³/mol. The van der Waals surface area contributed by atoms with Crippen LogP contribution in [0.15, 0.2) is 71.5 Å². The Balaban J connectivity index is 1.37. The quantitative estimate of drug-likeness (QED) is 0.374. The third-order valence-corrected chi connectivity index (χ3v) is 5.34. The Labute approximate surface area is 185 Å². The fourth-order valence-electron chi connectivity index (χ4n) is 3.53. The standard InChI is InChI=1S/C25H22FN5O/c1-25(2,3)17-10-8-16(9-11-17)23-29-22(32-30-23)15-31-13-12-20-21(14-31)28-24(27-20)18-6-4-5-7-19(18)26/h4-14H,15H2,1-3H3. The number of nitrogens with zero attached hydrogens (tertiary/aromatic N) is 5. The first kappa shape index (κ1) is 20.1. The first-order valence-electron chi connectivity index (χ1n) is 10.4. The van der Waals surface area contributed by atoms with Crippen LogP contribution in [0, 0.1) is 5.82 Å². The van der Waals surface area contributed by atoms with Gasteiger partial charge in [-0.2, -0.15) is 4.98 Å². The number of pyridine rings is 1. The fraction of sp³-hybridized carbons (Fsp3) is 0.200. The van der Waals surface area contributed by atoms with Crippen molar-refractivity contribution in [3.8, 4) is 34.2 Å². The van der Waals surface area contributed by atoms with Gasteiger partial charge in [-0.15, -0.1) is 0 Å². The largest absolute Gasteiger partial charge is 0.343 e. The van der Waals surface area contributed by atoms with Gasteiger partial charge in [0, 0.05) is 18.0 Å². The van der Waals surface area contributed by atoms with Crippen LogP contribution in [0.25, 0.3) is 34.2 Å². The second-order valence-electron chi connectivity index (χ2n) is 8.75. The number of hydrogen-bond donors (Lipinski definition) is 0. The lowest BCUT2D eigenvalue weighted by molar-refractivity contribution is 0.371. The van der Waals surface area contributed by atoms with Crippen molar-refractivity contribution in [3.63, 3.8) is 0 Å². The summed E-state index contributed by atoms with van der Waals surface area (Å²) in [5.74, 6) is 1.06. The number of imidazole rings is 1. The molecule has 0 amide bonds. The highest BCUT2D eigenvalue weighted by molar-refractivity contribution is 5.65. The van der Waals surface area contributed by atoms with Gasteiger partial charge in [-0.05, 0) is 29.2 Å². The molecule has 1 aromatic heterocycles. The van der Waals surface area contributed by atoms with Gasteiger partial charge in [0.05, 0.1) is 11.3 Å². The van der Waals surface area contributed by atoms with Crippen LogP contribution < -0.4 is 0 Å². The molecule has 0 saturated carbocycles. The minimum absolute atomic E-state index is 0.0894. The van der Waals surface area contributed by atoms with E-state index in [-0.39, 0.29) is 11.2 Å². The Morgan fingerprint density at radius 2 is 1.62 bits per heavy atom. The lowest BCUT2D eigenvalue weighted by Crippen LogP contribution is -2.10. The van der Waals surface area contributed by atoms with E-state index >= 15 is 0 Å². The van der Waals surface area contributed by atoms with E-state index in [1.165, 1.54) is 11.6 Å². The van der Waals surface area contributed by atoms with Crippen LogP contribution in [0.3, 0.4) is 0 Å². The molecule has 0 radical (unpaired) electrons. The molecule has 0 atom stereocenters. The smallest absolute Gasteiger partial charge is 0.246 e. The van der Waals surface area contributed by atoms with Crippen LogP contribution in [0.5, 0.6) is 0 Å². The van der Waals surface area contributed by atoms with Gasteiger partial charge >= 0.3 is 0 Å². The molecule has 7 heteroatoms. The van der Waals surface area contributed by atoms with Crippen molar-refractivity contribution < 1.29 is 8.91 Å². The molecule has 0 unspecified atom stereocenters. The van der Waals surface area contributed by atoms with Gasteiger partial charge in [-0.3, -0.25) is 0 Å². The van der Waals surface area contributed by atoms with Crippen molar-refractivity contribution in [2.45, 2.75) is 32.7 Å². The first-order chi connectivity index (χ1) is 15.4. The monoisotopic (exact) mass is 427 g/mol. The average molecular weight is 427 g/mol. The number of aromatic nitrogens is 5. The highest BCUT2D eigenvalue weighted by Gasteiger charge is 2.17. The van der Waals surface area contributed by atoms with E-state index in [9.17, 15) is 4.39 Å². The Kier molecular flexibility index (Phi) is 4.81. The fourth-order valence-corrected chi connectivity index (χ4v) is 3.53. The number of halogens is 1. The maximum absolute atomic E-state index is 14.1. The van der Waals surface area contributed by atoms with Crippen LogP contribution in [0.2, 0.25) is 0 Å². The third-order valence-electron chi connectivity index (χ3n) is 5.34. The third kappa shape index (κ3) is 3.89. The summed E-state index contributed by atoms with van der Waals surface area (Å²) in [7, 11) is 0. The lowest BCUT2D eigenvalue weighted by Gasteiger charge is -2.18. The number of hydrogen-bond acceptors (Lipinski definition) is 5. The van der Waals surface area contributed by atoms with Gasteiger partial charge in [0.2, 0.25) is 11.7 Å². The van der Waals surface area contributed by atoms with E-state index in [1.807, 2.05) is 35.2 Å². The molecule has 0 N–H and O–H groups in total. The van der Waals surface area contributed by atoms with Gasteiger partial charge in [0.25, 0.3) is 0 Å². The minimum atomic E-state index is -0.343. The number of benzene rings is 2. The molecule has 2 aliphatic rings. The van der Waals surface area contributed by atoms with Gasteiger partial charge in [0.1, 0.15) is 18.1 Å². The minimum Gasteiger partial charge on any atom is -0.343 e. The molecular weight excluding hydrogens is 405 g/mol. The summed E-state index contributed by atoms with van der Waals surface area (Å²) in [6, 6.07) is 16.5. The van der Waals surface area contributed by atoms with Gasteiger partial charge < -0.3 is 9.09 Å². The van der Waals surface area contributed by atoms with Crippen LogP contribution in [0.4, 0.5) is 4.39 Å². The molecule has 32 heavy (non-hydrogen) atoms. The highest BCUT2D eigenvalue weighted by Crippen LogP contribution is 2.27. The zero-order chi connectivity index (χ0) is 22.3. The Morgan fingerprint density at radius 3 is 2.38 bits per heavy atom. The summed E-state index contributed by atoms with van der Waals surface area (Å²) in [5.41, 5.74) is 4.00. The molecule has 5 rings (SSSR count). The molecular formula is C25H22FN5O. The van der Waals surface area contributed by atoms with Crippen LogP contribution >= 0.6 is 0 Å². The number of fused-ring (bicyclic) bond motifs is 1. The van der Waals surface area contributed by atoms with Gasteiger partial charge in [-0.25, -0.2) is 14.4 Å². The Hall–Kier alpha value is -3.87. The lowest BCUT2D eigenvalue weighted by atomic mass is 9.87. The van der Waals surface area contributed by atoms with E-state index in [0.29, 0.717) is 41.0 Å². The normalized spacial score (nSPS) is 11.9. The van der Waals surface area contributed by atoms with Crippen molar-refractivity contribution in [2.75, 3.05) is 0 Å². The van der Waals surface area contributed by atoms with E-state index < -0.39 is 0 Å². The molecule has 0 aliphatic carbocycles. The van der Waals surface area contributed by atoms with E-state index in [1.54, 1.807) is 18.2 Å². The summed E-state index contributed by atoms with van der Waals surface area (Å²) in [6.45, 7) is 6.93. The van der Waals surface area contributed by atoms with Crippen molar-refractivity contribution in [2.24, 2.45) is 0 Å². The van der Waals surface area contributed by atoms with Crippen LogP contribution in [-0.2, 0) is 12.0 Å². The van der Waals surface area contributed by atoms with Gasteiger partial charge in [0.15, 0.2) is 5.82 Å². The zero-order valence-electron chi connectivity index (χ0n) is 18.1. The van der Waals surface area contributed by atoms with Crippen molar-refractivity contribution in [1.29, 1.82) is 0 Å². The molecule has 3 heterocycles. The van der Waals surface area contributed by atoms with Crippen LogP contribution in [0.1, 0.15) is 32.2 Å². The first-order valence-corrected chi connectivity index (χ1v) is 10.4. The van der Waals surface area contributed by atoms with Crippen LogP contribution in [-0.4, -0.2) is 24.7 Å². The Bertz CT molecular complexity index is 1350. The molecule has 6 nitrogen and oxygen atoms in total. The maximum atomic E-state index is 14.1. The topological polar surface area (TPSA) is 69.6 Å². The SMILES string of the molecule is CC(C)(C)c1ccc(-c2noc(Cn3ccc4nc(-c5ccccc5F)nc-4c3)n2)cc1. The highest BCUT2D eigenvalue weighted by atomic mass is 19.1. The van der Waals surface area contributed by atoms with Crippen molar-refractivity contribution in [3.05, 3.63) is 84.3 Å². The molecule has 0 saturated heterocycles. The molecule has 0 spiro atoms. The molecule has 0 fully saturated rings. The van der Waals surface area contributed by atoms with E-state index in [4.69, 9.17) is 4.52 Å². The zero-order valence-corrected chi connectivity index (χ0v) is 18.1. The summed E-state index contributed by atoms with van der Waals surface area (Å²) >= 11 is 0. The van der Waals surface area contributed by atoms with Crippen molar-refractivity contribution in [1.82, 2.24) is 24.7 Å².